The molecule has 0 radical (unpaired) electrons. The lowest BCUT2D eigenvalue weighted by molar-refractivity contribution is 0.0649. The zero-order chi connectivity index (χ0) is 12.3. The largest absolute Gasteiger partial charge is 0.476 e. The van der Waals surface area contributed by atoms with Crippen molar-refractivity contribution in [3.05, 3.63) is 22.8 Å². The minimum absolute atomic E-state index is 0.0701. The van der Waals surface area contributed by atoms with Gasteiger partial charge in [-0.25, -0.2) is 9.78 Å². The van der Waals surface area contributed by atoms with Gasteiger partial charge >= 0.3 is 5.97 Å². The second-order valence-corrected chi connectivity index (χ2v) is 4.14. The van der Waals surface area contributed by atoms with Gasteiger partial charge in [-0.05, 0) is 18.9 Å². The maximum atomic E-state index is 10.8. The number of rotatable bonds is 4. The van der Waals surface area contributed by atoms with E-state index in [1.165, 1.54) is 6.07 Å². The molecule has 1 fully saturated rings. The average Bonchev–Trinajstić information content (AvgIpc) is 2.80. The van der Waals surface area contributed by atoms with Crippen molar-refractivity contribution >= 4 is 17.6 Å². The molecule has 0 bridgehead atoms. The smallest absolute Gasteiger partial charge is 0.356 e. The van der Waals surface area contributed by atoms with Crippen LogP contribution in [0.25, 0.3) is 0 Å². The first-order chi connectivity index (χ1) is 8.16. The van der Waals surface area contributed by atoms with Crippen molar-refractivity contribution in [1.82, 2.24) is 4.98 Å². The lowest BCUT2D eigenvalue weighted by atomic mass is 10.2. The normalized spacial score (nSPS) is 19.2. The monoisotopic (exact) mass is 257 g/mol. The average molecular weight is 258 g/mol. The number of pyridine rings is 1. The Balaban J connectivity index is 2.00. The van der Waals surface area contributed by atoms with E-state index in [-0.39, 0.29) is 22.7 Å². The molecule has 2 heterocycles. The zero-order valence-corrected chi connectivity index (χ0v) is 9.81. The highest BCUT2D eigenvalue weighted by atomic mass is 35.5. The van der Waals surface area contributed by atoms with Crippen LogP contribution in [0, 0.1) is 0 Å². The molecule has 0 aliphatic carbocycles. The summed E-state index contributed by atoms with van der Waals surface area (Å²) in [7, 11) is 0. The summed E-state index contributed by atoms with van der Waals surface area (Å²) in [5.41, 5.74) is -0.198. The first-order valence-electron chi connectivity index (χ1n) is 5.31. The van der Waals surface area contributed by atoms with Crippen LogP contribution < -0.4 is 4.74 Å². The molecular formula is C11H12ClNO4. The Labute approximate surface area is 103 Å². The summed E-state index contributed by atoms with van der Waals surface area (Å²) in [5, 5.41) is 8.94. The van der Waals surface area contributed by atoms with E-state index in [1.54, 1.807) is 6.07 Å². The molecule has 0 saturated carbocycles. The van der Waals surface area contributed by atoms with Crippen LogP contribution in [-0.2, 0) is 4.74 Å². The molecule has 0 spiro atoms. The molecule has 17 heavy (non-hydrogen) atoms. The third kappa shape index (κ3) is 3.08. The predicted octanol–water partition coefficient (Wildman–Crippen LogP) is 1.99. The van der Waals surface area contributed by atoms with Crippen molar-refractivity contribution in [2.45, 2.75) is 18.9 Å². The molecule has 1 saturated heterocycles. The fourth-order valence-electron chi connectivity index (χ4n) is 1.61. The molecule has 2 rings (SSSR count). The van der Waals surface area contributed by atoms with Gasteiger partial charge in [-0.15, -0.1) is 0 Å². The maximum absolute atomic E-state index is 10.8. The number of halogens is 1. The fourth-order valence-corrected chi connectivity index (χ4v) is 1.79. The SMILES string of the molecule is O=C(O)c1nc(OC[C@H]2CCCO2)ccc1Cl. The van der Waals surface area contributed by atoms with Crippen molar-refractivity contribution in [2.24, 2.45) is 0 Å². The summed E-state index contributed by atoms with van der Waals surface area (Å²) in [6, 6.07) is 3.01. The molecule has 1 aromatic rings. The highest BCUT2D eigenvalue weighted by Crippen LogP contribution is 2.19. The third-order valence-electron chi connectivity index (χ3n) is 2.46. The van der Waals surface area contributed by atoms with Crippen LogP contribution >= 0.6 is 11.6 Å². The van der Waals surface area contributed by atoms with E-state index in [0.717, 1.165) is 19.4 Å². The number of aromatic carboxylic acids is 1. The summed E-state index contributed by atoms with van der Waals surface area (Å²) in [4.78, 5) is 14.6. The highest BCUT2D eigenvalue weighted by Gasteiger charge is 2.17. The number of carboxylic acids is 1. The van der Waals surface area contributed by atoms with Gasteiger partial charge in [0.15, 0.2) is 5.69 Å². The maximum Gasteiger partial charge on any atom is 0.356 e. The van der Waals surface area contributed by atoms with Crippen molar-refractivity contribution in [1.29, 1.82) is 0 Å². The molecule has 0 unspecified atom stereocenters. The van der Waals surface area contributed by atoms with E-state index in [2.05, 4.69) is 4.98 Å². The van der Waals surface area contributed by atoms with Gasteiger partial charge in [0.2, 0.25) is 5.88 Å². The Morgan fingerprint density at radius 1 is 1.65 bits per heavy atom. The lowest BCUT2D eigenvalue weighted by Gasteiger charge is -2.11. The molecule has 5 nitrogen and oxygen atoms in total. The molecule has 1 aliphatic rings. The molecule has 1 aliphatic heterocycles. The molecule has 0 amide bonds. The Kier molecular flexibility index (Phi) is 3.81. The van der Waals surface area contributed by atoms with Gasteiger partial charge in [-0.3, -0.25) is 0 Å². The summed E-state index contributed by atoms with van der Waals surface area (Å²) in [5.74, 6) is -0.917. The van der Waals surface area contributed by atoms with Crippen LogP contribution in [0.5, 0.6) is 5.88 Å². The highest BCUT2D eigenvalue weighted by molar-refractivity contribution is 6.33. The number of aromatic nitrogens is 1. The fraction of sp³-hybridized carbons (Fsp3) is 0.455. The van der Waals surface area contributed by atoms with Gasteiger partial charge in [0.1, 0.15) is 6.61 Å². The minimum atomic E-state index is -1.17. The van der Waals surface area contributed by atoms with E-state index in [1.807, 2.05) is 0 Å². The quantitative estimate of drug-likeness (QED) is 0.893. The van der Waals surface area contributed by atoms with Crippen molar-refractivity contribution in [3.63, 3.8) is 0 Å². The summed E-state index contributed by atoms with van der Waals surface area (Å²) in [6.45, 7) is 1.14. The predicted molar refractivity (Wildman–Crippen MR) is 60.7 cm³/mol. The van der Waals surface area contributed by atoms with Gasteiger partial charge in [-0.2, -0.15) is 0 Å². The van der Waals surface area contributed by atoms with Gasteiger partial charge < -0.3 is 14.6 Å². The number of hydrogen-bond donors (Lipinski definition) is 1. The van der Waals surface area contributed by atoms with Crippen LogP contribution in [0.4, 0.5) is 0 Å². The molecule has 0 aromatic carbocycles. The molecule has 92 valence electrons. The van der Waals surface area contributed by atoms with E-state index in [0.29, 0.717) is 6.61 Å². The summed E-state index contributed by atoms with van der Waals surface area (Å²) >= 11 is 5.69. The first kappa shape index (κ1) is 12.1. The number of nitrogens with zero attached hydrogens (tertiary/aromatic N) is 1. The van der Waals surface area contributed by atoms with E-state index in [4.69, 9.17) is 26.2 Å². The van der Waals surface area contributed by atoms with Crippen LogP contribution in [0.15, 0.2) is 12.1 Å². The van der Waals surface area contributed by atoms with Crippen LogP contribution in [-0.4, -0.2) is 35.4 Å². The van der Waals surface area contributed by atoms with Gasteiger partial charge in [-0.1, -0.05) is 11.6 Å². The van der Waals surface area contributed by atoms with Crippen molar-refractivity contribution in [3.8, 4) is 5.88 Å². The first-order valence-corrected chi connectivity index (χ1v) is 5.69. The number of hydrogen-bond acceptors (Lipinski definition) is 4. The summed E-state index contributed by atoms with van der Waals surface area (Å²) in [6.07, 6.45) is 2.06. The molecule has 1 atom stereocenters. The van der Waals surface area contributed by atoms with Crippen molar-refractivity contribution in [2.75, 3.05) is 13.2 Å². The zero-order valence-electron chi connectivity index (χ0n) is 9.06. The number of carboxylic acid groups (broad SMARTS) is 1. The topological polar surface area (TPSA) is 68.7 Å². The van der Waals surface area contributed by atoms with Gasteiger partial charge in [0, 0.05) is 12.7 Å². The Bertz CT molecular complexity index is 418. The van der Waals surface area contributed by atoms with Crippen LogP contribution in [0.3, 0.4) is 0 Å². The van der Waals surface area contributed by atoms with E-state index >= 15 is 0 Å². The standard InChI is InChI=1S/C11H12ClNO4/c12-8-3-4-9(13-10(8)11(14)15)17-6-7-2-1-5-16-7/h3-4,7H,1-2,5-6H2,(H,14,15)/t7-/m1/s1. The Hall–Kier alpha value is -1.33. The minimum Gasteiger partial charge on any atom is -0.476 e. The van der Waals surface area contributed by atoms with Gasteiger partial charge in [0.05, 0.1) is 11.1 Å². The molecule has 6 heteroatoms. The molecular weight excluding hydrogens is 246 g/mol. The summed E-state index contributed by atoms with van der Waals surface area (Å²) < 4.78 is 10.8. The van der Waals surface area contributed by atoms with Crippen molar-refractivity contribution < 1.29 is 19.4 Å². The second kappa shape index (κ2) is 5.33. The molecule has 1 aromatic heterocycles. The Morgan fingerprint density at radius 2 is 2.47 bits per heavy atom. The Morgan fingerprint density at radius 3 is 3.12 bits per heavy atom. The molecule has 1 N–H and O–H groups in total. The second-order valence-electron chi connectivity index (χ2n) is 3.73. The van der Waals surface area contributed by atoms with E-state index in [9.17, 15) is 4.79 Å². The number of ether oxygens (including phenoxy) is 2. The third-order valence-corrected chi connectivity index (χ3v) is 2.77. The number of carbonyl (C=O) groups is 1. The van der Waals surface area contributed by atoms with E-state index < -0.39 is 5.97 Å². The lowest BCUT2D eigenvalue weighted by Crippen LogP contribution is -2.17. The van der Waals surface area contributed by atoms with Crippen LogP contribution in [0.2, 0.25) is 5.02 Å². The van der Waals surface area contributed by atoms with Gasteiger partial charge in [0.25, 0.3) is 0 Å². The van der Waals surface area contributed by atoms with Crippen LogP contribution in [0.1, 0.15) is 23.3 Å².